The lowest BCUT2D eigenvalue weighted by Gasteiger charge is -2.13. The molecule has 0 radical (unpaired) electrons. The number of hydrogen-bond donors (Lipinski definition) is 2. The Hall–Kier alpha value is -3.02. The van der Waals surface area contributed by atoms with Gasteiger partial charge in [0.25, 0.3) is 17.0 Å². The molecule has 0 saturated carbocycles. The van der Waals surface area contributed by atoms with Crippen LogP contribution < -0.4 is 9.46 Å². The van der Waals surface area contributed by atoms with Crippen molar-refractivity contribution in [3.05, 3.63) is 88.0 Å². The van der Waals surface area contributed by atoms with Crippen molar-refractivity contribution in [3.8, 4) is 11.5 Å². The van der Waals surface area contributed by atoms with Crippen molar-refractivity contribution in [2.75, 3.05) is 4.72 Å². The van der Waals surface area contributed by atoms with Gasteiger partial charge in [-0.05, 0) is 42.0 Å². The summed E-state index contributed by atoms with van der Waals surface area (Å²) < 4.78 is 55.1. The van der Waals surface area contributed by atoms with Gasteiger partial charge in [0.1, 0.15) is 5.82 Å². The summed E-state index contributed by atoms with van der Waals surface area (Å²) in [5.41, 5.74) is 0.873. The van der Waals surface area contributed by atoms with Crippen LogP contribution in [0.1, 0.15) is 5.56 Å². The Bertz CT molecular complexity index is 1100. The number of anilines is 1. The number of halogens is 2. The van der Waals surface area contributed by atoms with E-state index in [1.165, 1.54) is 30.0 Å². The van der Waals surface area contributed by atoms with Gasteiger partial charge < -0.3 is 4.74 Å². The smallest absolute Gasteiger partial charge is 0.269 e. The zero-order valence-corrected chi connectivity index (χ0v) is 16.7. The Kier molecular flexibility index (Phi) is 6.98. The molecule has 3 rings (SSSR count). The van der Waals surface area contributed by atoms with Gasteiger partial charge in [0.2, 0.25) is 0 Å². The summed E-state index contributed by atoms with van der Waals surface area (Å²) in [6.07, 6.45) is 0. The highest BCUT2D eigenvalue weighted by Crippen LogP contribution is 2.34. The molecule has 2 N–H and O–H groups in total. The average Bonchev–Trinajstić information content (AvgIpc) is 2.70. The Morgan fingerprint density at radius 3 is 2.43 bits per heavy atom. The van der Waals surface area contributed by atoms with Gasteiger partial charge in [-0.25, -0.2) is 13.0 Å². The number of nitrogens with zero attached hydrogens (tertiary/aromatic N) is 1. The molecule has 0 fully saturated rings. The zero-order valence-electron chi connectivity index (χ0n) is 15.1. The molecule has 3 aromatic rings. The predicted octanol–water partition coefficient (Wildman–Crippen LogP) is 5.51. The first-order chi connectivity index (χ1) is 14.3. The molecule has 0 amide bonds. The van der Waals surface area contributed by atoms with Gasteiger partial charge in [-0.15, -0.1) is 11.8 Å². The Balaban J connectivity index is 1.80. The van der Waals surface area contributed by atoms with Crippen molar-refractivity contribution < 1.29 is 27.2 Å². The molecule has 1 unspecified atom stereocenters. The van der Waals surface area contributed by atoms with Gasteiger partial charge in [-0.1, -0.05) is 6.07 Å². The summed E-state index contributed by atoms with van der Waals surface area (Å²) >= 11 is -0.982. The molecule has 1 atom stereocenters. The molecule has 11 heteroatoms. The van der Waals surface area contributed by atoms with Crippen LogP contribution in [0, 0.1) is 21.7 Å². The second kappa shape index (κ2) is 9.65. The maximum atomic E-state index is 13.9. The van der Waals surface area contributed by atoms with E-state index in [1.54, 1.807) is 24.3 Å². The molecule has 0 aromatic heterocycles. The van der Waals surface area contributed by atoms with Crippen LogP contribution in [0.15, 0.2) is 65.6 Å². The molecule has 7 nitrogen and oxygen atoms in total. The second-order valence-corrected chi connectivity index (χ2v) is 7.65. The average molecular weight is 452 g/mol. The molecule has 0 aliphatic rings. The molecule has 156 valence electrons. The quantitative estimate of drug-likeness (QED) is 0.202. The number of rotatable bonds is 8. The van der Waals surface area contributed by atoms with Crippen LogP contribution in [0.5, 0.6) is 11.5 Å². The molecule has 30 heavy (non-hydrogen) atoms. The number of thioether (sulfide) groups is 1. The van der Waals surface area contributed by atoms with Crippen LogP contribution >= 0.6 is 11.8 Å². The van der Waals surface area contributed by atoms with E-state index < -0.39 is 27.8 Å². The fourth-order valence-corrected chi connectivity index (χ4v) is 3.62. The van der Waals surface area contributed by atoms with E-state index in [0.29, 0.717) is 11.8 Å². The molecule has 0 bridgehead atoms. The maximum Gasteiger partial charge on any atom is 0.269 e. The number of hydrogen-bond acceptors (Lipinski definition) is 5. The summed E-state index contributed by atoms with van der Waals surface area (Å²) in [6.45, 7) is 0. The minimum Gasteiger partial charge on any atom is -0.452 e. The van der Waals surface area contributed by atoms with Crippen molar-refractivity contribution in [2.45, 2.75) is 10.6 Å². The Morgan fingerprint density at radius 1 is 1.07 bits per heavy atom. The van der Waals surface area contributed by atoms with E-state index >= 15 is 0 Å². The topological polar surface area (TPSA) is 102 Å². The fraction of sp³-hybridized carbons (Fsp3) is 0.0526. The van der Waals surface area contributed by atoms with Gasteiger partial charge in [-0.2, -0.15) is 0 Å². The van der Waals surface area contributed by atoms with Crippen molar-refractivity contribution >= 4 is 34.4 Å². The van der Waals surface area contributed by atoms with Crippen molar-refractivity contribution in [3.63, 3.8) is 0 Å². The second-order valence-electron chi connectivity index (χ2n) is 5.90. The first kappa shape index (κ1) is 21.7. The zero-order chi connectivity index (χ0) is 21.7. The van der Waals surface area contributed by atoms with E-state index in [-0.39, 0.29) is 22.9 Å². The van der Waals surface area contributed by atoms with Crippen molar-refractivity contribution in [1.82, 2.24) is 0 Å². The van der Waals surface area contributed by atoms with Crippen LogP contribution in [-0.4, -0.2) is 13.7 Å². The summed E-state index contributed by atoms with van der Waals surface area (Å²) in [5, 5.41) is 10.7. The minimum absolute atomic E-state index is 0.0104. The highest BCUT2D eigenvalue weighted by atomic mass is 32.2. The van der Waals surface area contributed by atoms with Gasteiger partial charge in [0, 0.05) is 28.8 Å². The van der Waals surface area contributed by atoms with Crippen LogP contribution in [0.3, 0.4) is 0 Å². The first-order valence-corrected chi connectivity index (χ1v) is 10.4. The maximum absolute atomic E-state index is 13.9. The van der Waals surface area contributed by atoms with Gasteiger partial charge >= 0.3 is 0 Å². The normalized spacial score (nSPS) is 11.7. The van der Waals surface area contributed by atoms with E-state index in [4.69, 9.17) is 9.29 Å². The highest BCUT2D eigenvalue weighted by molar-refractivity contribution is 7.98. The summed E-state index contributed by atoms with van der Waals surface area (Å²) in [5.74, 6) is -1.41. The number of non-ortho nitro benzene ring substituents is 1. The Morgan fingerprint density at radius 2 is 1.80 bits per heavy atom. The van der Waals surface area contributed by atoms with Crippen LogP contribution in [0.25, 0.3) is 0 Å². The minimum atomic E-state index is -2.38. The monoisotopic (exact) mass is 452 g/mol. The van der Waals surface area contributed by atoms with Gasteiger partial charge in [0.15, 0.2) is 17.3 Å². The predicted molar refractivity (Wildman–Crippen MR) is 110 cm³/mol. The van der Waals surface area contributed by atoms with E-state index in [0.717, 1.165) is 22.6 Å². The lowest BCUT2D eigenvalue weighted by atomic mass is 10.2. The Labute approximate surface area is 176 Å². The first-order valence-electron chi connectivity index (χ1n) is 8.32. The molecular formula is C19H14F2N2O5S2. The third kappa shape index (κ3) is 5.75. The number of nitro benzene ring substituents is 1. The molecular weight excluding hydrogens is 438 g/mol. The highest BCUT2D eigenvalue weighted by Gasteiger charge is 2.13. The van der Waals surface area contributed by atoms with Crippen molar-refractivity contribution in [1.29, 1.82) is 0 Å². The largest absolute Gasteiger partial charge is 0.452 e. The third-order valence-electron chi connectivity index (χ3n) is 3.81. The van der Waals surface area contributed by atoms with Crippen LogP contribution in [-0.2, 0) is 17.0 Å². The molecule has 0 saturated heterocycles. The molecule has 0 spiro atoms. The molecule has 0 aliphatic heterocycles. The molecule has 0 aliphatic carbocycles. The summed E-state index contributed by atoms with van der Waals surface area (Å²) in [4.78, 5) is 11.0. The van der Waals surface area contributed by atoms with Crippen LogP contribution in [0.2, 0.25) is 0 Å². The number of nitro groups is 1. The summed E-state index contributed by atoms with van der Waals surface area (Å²) in [6, 6.07) is 13.6. The molecule has 3 aromatic carbocycles. The summed E-state index contributed by atoms with van der Waals surface area (Å²) in [7, 11) is 0. The van der Waals surface area contributed by atoms with E-state index in [9.17, 15) is 23.1 Å². The molecule has 0 heterocycles. The number of nitrogens with one attached hydrogen (secondary N) is 1. The van der Waals surface area contributed by atoms with Gasteiger partial charge in [0.05, 0.1) is 10.6 Å². The van der Waals surface area contributed by atoms with Crippen molar-refractivity contribution in [2.24, 2.45) is 0 Å². The SMILES string of the molecule is O=[N+]([O-])c1ccc(SCc2ccc(NS(=O)O)c(Oc3ccc(F)cc3F)c2)cc1. The lowest BCUT2D eigenvalue weighted by molar-refractivity contribution is -0.384. The third-order valence-corrected chi connectivity index (χ3v) is 5.29. The standard InChI is InChI=1S/C19H14F2N2O5S2/c20-13-2-8-18(16(21)10-13)28-19-9-12(1-7-17(19)22-30(26)27)11-29-15-5-3-14(4-6-15)23(24)25/h1-10,22H,11H2,(H,26,27). The van der Waals surface area contributed by atoms with E-state index in [1.807, 2.05) is 0 Å². The number of benzene rings is 3. The fourth-order valence-electron chi connectivity index (χ4n) is 2.43. The van der Waals surface area contributed by atoms with Gasteiger partial charge in [-0.3, -0.25) is 19.4 Å². The lowest BCUT2D eigenvalue weighted by Crippen LogP contribution is -2.04. The number of ether oxygens (including phenoxy) is 1. The van der Waals surface area contributed by atoms with Crippen LogP contribution in [0.4, 0.5) is 20.2 Å². The van der Waals surface area contributed by atoms with E-state index in [2.05, 4.69) is 4.72 Å².